The summed E-state index contributed by atoms with van der Waals surface area (Å²) >= 11 is 0. The van der Waals surface area contributed by atoms with Crippen LogP contribution < -0.4 is 5.32 Å². The molecule has 0 radical (unpaired) electrons. The van der Waals surface area contributed by atoms with Crippen molar-refractivity contribution in [3.05, 3.63) is 0 Å². The zero-order valence-electron chi connectivity index (χ0n) is 12.9. The van der Waals surface area contributed by atoms with E-state index in [1.165, 1.54) is 0 Å². The third-order valence-electron chi connectivity index (χ3n) is 4.13. The van der Waals surface area contributed by atoms with Gasteiger partial charge in [0, 0.05) is 20.1 Å². The molecule has 116 valence electrons. The normalized spacial score (nSPS) is 22.6. The lowest BCUT2D eigenvalue weighted by Gasteiger charge is -2.29. The van der Waals surface area contributed by atoms with Crippen LogP contribution in [0.2, 0.25) is 0 Å². The molecule has 2 N–H and O–H groups in total. The Morgan fingerprint density at radius 2 is 1.95 bits per heavy atom. The summed E-state index contributed by atoms with van der Waals surface area (Å²) in [5, 5.41) is 12.1. The molecular weight excluding hydrogens is 256 g/mol. The van der Waals surface area contributed by atoms with Crippen LogP contribution in [0.5, 0.6) is 0 Å². The van der Waals surface area contributed by atoms with Gasteiger partial charge in [-0.15, -0.1) is 0 Å². The van der Waals surface area contributed by atoms with Gasteiger partial charge in [-0.2, -0.15) is 0 Å². The first-order valence-corrected chi connectivity index (χ1v) is 7.63. The van der Waals surface area contributed by atoms with E-state index in [1.807, 2.05) is 0 Å². The Hall–Kier alpha value is -1.26. The van der Waals surface area contributed by atoms with Crippen LogP contribution in [-0.4, -0.2) is 42.1 Å². The van der Waals surface area contributed by atoms with Crippen molar-refractivity contribution in [2.45, 2.75) is 46.0 Å². The molecule has 0 aromatic rings. The number of hydrogen-bond donors (Lipinski definition) is 2. The van der Waals surface area contributed by atoms with Crippen molar-refractivity contribution < 1.29 is 14.7 Å². The van der Waals surface area contributed by atoms with E-state index >= 15 is 0 Å². The monoisotopic (exact) mass is 284 g/mol. The lowest BCUT2D eigenvalue weighted by atomic mass is 9.79. The quantitative estimate of drug-likeness (QED) is 0.787. The zero-order valence-corrected chi connectivity index (χ0v) is 12.9. The van der Waals surface area contributed by atoms with Crippen LogP contribution in [0.4, 0.5) is 4.79 Å². The third-order valence-corrected chi connectivity index (χ3v) is 4.13. The van der Waals surface area contributed by atoms with Crippen molar-refractivity contribution >= 4 is 12.0 Å². The van der Waals surface area contributed by atoms with E-state index in [0.717, 1.165) is 38.6 Å². The molecule has 2 amide bonds. The van der Waals surface area contributed by atoms with E-state index in [9.17, 15) is 14.7 Å². The third kappa shape index (κ3) is 5.39. The number of aliphatic carboxylic acids is 1. The summed E-state index contributed by atoms with van der Waals surface area (Å²) in [4.78, 5) is 24.8. The maximum absolute atomic E-state index is 11.9. The van der Waals surface area contributed by atoms with Gasteiger partial charge >= 0.3 is 12.0 Å². The average Bonchev–Trinajstić information content (AvgIpc) is 2.42. The van der Waals surface area contributed by atoms with Gasteiger partial charge < -0.3 is 15.3 Å². The minimum atomic E-state index is -0.725. The molecule has 0 aliphatic heterocycles. The van der Waals surface area contributed by atoms with Crippen molar-refractivity contribution in [2.75, 3.05) is 20.1 Å². The molecule has 1 rings (SSSR count). The van der Waals surface area contributed by atoms with Gasteiger partial charge in [0.1, 0.15) is 0 Å². The summed E-state index contributed by atoms with van der Waals surface area (Å²) in [7, 11) is 1.78. The molecule has 1 aliphatic rings. The van der Waals surface area contributed by atoms with Gasteiger partial charge in [-0.05, 0) is 31.1 Å². The highest BCUT2D eigenvalue weighted by atomic mass is 16.4. The maximum atomic E-state index is 11.9. The molecule has 2 unspecified atom stereocenters. The summed E-state index contributed by atoms with van der Waals surface area (Å²) in [6, 6.07) is -0.0969. The largest absolute Gasteiger partial charge is 0.481 e. The Morgan fingerprint density at radius 1 is 1.30 bits per heavy atom. The van der Waals surface area contributed by atoms with E-state index < -0.39 is 5.97 Å². The lowest BCUT2D eigenvalue weighted by molar-refractivity contribution is -0.144. The van der Waals surface area contributed by atoms with Crippen molar-refractivity contribution in [3.8, 4) is 0 Å². The fourth-order valence-corrected chi connectivity index (χ4v) is 2.68. The molecule has 1 saturated carbocycles. The first-order chi connectivity index (χ1) is 9.41. The molecular formula is C15H28N2O3. The SMILES string of the molecule is CC(C)CCN(C)C(=O)NCC1CCCCC1C(=O)O. The van der Waals surface area contributed by atoms with Gasteiger partial charge in [-0.3, -0.25) is 4.79 Å². The fourth-order valence-electron chi connectivity index (χ4n) is 2.68. The number of rotatable bonds is 6. The average molecular weight is 284 g/mol. The standard InChI is InChI=1S/C15H28N2O3/c1-11(2)8-9-17(3)15(20)16-10-12-6-4-5-7-13(12)14(18)19/h11-13H,4-10H2,1-3H3,(H,16,20)(H,18,19). The molecule has 0 heterocycles. The molecule has 0 spiro atoms. The predicted octanol–water partition coefficient (Wildman–Crippen LogP) is 2.56. The number of carbonyl (C=O) groups excluding carboxylic acids is 1. The highest BCUT2D eigenvalue weighted by Crippen LogP contribution is 2.29. The van der Waals surface area contributed by atoms with Crippen LogP contribution in [0.3, 0.4) is 0 Å². The van der Waals surface area contributed by atoms with E-state index in [4.69, 9.17) is 0 Å². The molecule has 0 saturated heterocycles. The molecule has 0 aromatic heterocycles. The second-order valence-corrected chi connectivity index (χ2v) is 6.28. The van der Waals surface area contributed by atoms with E-state index in [2.05, 4.69) is 19.2 Å². The number of hydrogen-bond acceptors (Lipinski definition) is 2. The van der Waals surface area contributed by atoms with Gasteiger partial charge in [0.05, 0.1) is 5.92 Å². The van der Waals surface area contributed by atoms with E-state index in [1.54, 1.807) is 11.9 Å². The van der Waals surface area contributed by atoms with Gasteiger partial charge in [-0.1, -0.05) is 26.7 Å². The van der Waals surface area contributed by atoms with Gasteiger partial charge in [0.25, 0.3) is 0 Å². The van der Waals surface area contributed by atoms with Gasteiger partial charge in [0.15, 0.2) is 0 Å². The maximum Gasteiger partial charge on any atom is 0.317 e. The molecule has 20 heavy (non-hydrogen) atoms. The minimum Gasteiger partial charge on any atom is -0.481 e. The molecule has 0 aromatic carbocycles. The highest BCUT2D eigenvalue weighted by molar-refractivity contribution is 5.74. The van der Waals surface area contributed by atoms with Gasteiger partial charge in [-0.25, -0.2) is 4.79 Å². The number of carbonyl (C=O) groups is 2. The topological polar surface area (TPSA) is 69.6 Å². The molecule has 5 heteroatoms. The van der Waals surface area contributed by atoms with Crippen LogP contribution in [-0.2, 0) is 4.79 Å². The Kier molecular flexibility index (Phi) is 6.82. The number of nitrogens with one attached hydrogen (secondary N) is 1. The first kappa shape index (κ1) is 16.8. The number of amides is 2. The van der Waals surface area contributed by atoms with E-state index in [-0.39, 0.29) is 17.9 Å². The van der Waals surface area contributed by atoms with Crippen LogP contribution >= 0.6 is 0 Å². The number of carboxylic acids is 1. The summed E-state index contributed by atoms with van der Waals surface area (Å²) < 4.78 is 0. The number of nitrogens with zero attached hydrogens (tertiary/aromatic N) is 1. The summed E-state index contributed by atoms with van der Waals surface area (Å²) in [6.45, 7) is 5.47. The Labute approximate surface area is 121 Å². The first-order valence-electron chi connectivity index (χ1n) is 7.63. The van der Waals surface area contributed by atoms with Crippen molar-refractivity contribution in [1.82, 2.24) is 10.2 Å². The van der Waals surface area contributed by atoms with Crippen LogP contribution in [0.1, 0.15) is 46.0 Å². The highest BCUT2D eigenvalue weighted by Gasteiger charge is 2.30. The minimum absolute atomic E-state index is 0.0729. The van der Waals surface area contributed by atoms with Crippen LogP contribution in [0, 0.1) is 17.8 Å². The molecule has 2 atom stereocenters. The summed E-state index contributed by atoms with van der Waals surface area (Å²) in [5.41, 5.74) is 0. The second kappa shape index (κ2) is 8.12. The van der Waals surface area contributed by atoms with Gasteiger partial charge in [0.2, 0.25) is 0 Å². The molecule has 5 nitrogen and oxygen atoms in total. The van der Waals surface area contributed by atoms with Crippen molar-refractivity contribution in [2.24, 2.45) is 17.8 Å². The fraction of sp³-hybridized carbons (Fsp3) is 0.867. The van der Waals surface area contributed by atoms with Crippen molar-refractivity contribution in [3.63, 3.8) is 0 Å². The second-order valence-electron chi connectivity index (χ2n) is 6.28. The van der Waals surface area contributed by atoms with Crippen LogP contribution in [0.15, 0.2) is 0 Å². The molecule has 0 bridgehead atoms. The smallest absolute Gasteiger partial charge is 0.317 e. The molecule has 1 aliphatic carbocycles. The number of urea groups is 1. The summed E-state index contributed by atoms with van der Waals surface area (Å²) in [6.07, 6.45) is 4.65. The zero-order chi connectivity index (χ0) is 15.1. The van der Waals surface area contributed by atoms with Crippen molar-refractivity contribution in [1.29, 1.82) is 0 Å². The molecule has 1 fully saturated rings. The van der Waals surface area contributed by atoms with E-state index in [0.29, 0.717) is 12.5 Å². The Bertz CT molecular complexity index is 331. The lowest BCUT2D eigenvalue weighted by Crippen LogP contribution is -2.43. The number of carboxylic acid groups (broad SMARTS) is 1. The predicted molar refractivity (Wildman–Crippen MR) is 78.6 cm³/mol. The Balaban J connectivity index is 2.36. The summed E-state index contributed by atoms with van der Waals surface area (Å²) in [5.74, 6) is -0.384. The van der Waals surface area contributed by atoms with Crippen LogP contribution in [0.25, 0.3) is 0 Å². The Morgan fingerprint density at radius 3 is 2.55 bits per heavy atom.